The number of amides is 1. The Morgan fingerprint density at radius 1 is 1.15 bits per heavy atom. The molecule has 2 atom stereocenters. The van der Waals surface area contributed by atoms with Crippen LogP contribution >= 0.6 is 11.6 Å². The van der Waals surface area contributed by atoms with Gasteiger partial charge in [-0.1, -0.05) is 41.9 Å². The van der Waals surface area contributed by atoms with E-state index in [-0.39, 0.29) is 60.7 Å². The molecule has 3 aromatic carbocycles. The number of carbonyl (C=O) groups excluding carboxylic acids is 1. The fourth-order valence-corrected chi connectivity index (χ4v) is 5.40. The summed E-state index contributed by atoms with van der Waals surface area (Å²) in [5, 5.41) is 9.47. The number of hydrogen-bond acceptors (Lipinski definition) is 7. The molecule has 1 saturated heterocycles. The van der Waals surface area contributed by atoms with E-state index in [1.165, 1.54) is 12.1 Å². The molecule has 1 amide bonds. The van der Waals surface area contributed by atoms with Crippen molar-refractivity contribution < 1.29 is 37.3 Å². The van der Waals surface area contributed by atoms with Crippen LogP contribution in [-0.4, -0.2) is 38.8 Å². The third-order valence-corrected chi connectivity index (χ3v) is 7.43. The number of nitrogens with two attached hydrogens (primary N) is 1. The number of rotatable bonds is 9. The zero-order chi connectivity index (χ0) is 29.0. The van der Waals surface area contributed by atoms with E-state index < -0.39 is 28.4 Å². The maximum atomic E-state index is 16.1. The molecule has 1 fully saturated rings. The summed E-state index contributed by atoms with van der Waals surface area (Å²) < 4.78 is 59.5. The number of nitrogens with zero attached hydrogens (tertiary/aromatic N) is 1. The van der Waals surface area contributed by atoms with Crippen molar-refractivity contribution in [2.45, 2.75) is 37.6 Å². The first kappa shape index (κ1) is 28.6. The average Bonchev–Trinajstić information content (AvgIpc) is 3.36. The SMILES string of the molecule is N#Cc1ccc(OCCO[C@H]2CCCCO2)c(F)c1-c1c(Cl)c(F)cc2c1C[C@@](COC(N)=O)(c1ccccc1)O2. The van der Waals surface area contributed by atoms with E-state index in [4.69, 9.17) is 41.0 Å². The smallest absolute Gasteiger partial charge is 0.404 e. The van der Waals surface area contributed by atoms with Crippen molar-refractivity contribution in [2.24, 2.45) is 5.73 Å². The summed E-state index contributed by atoms with van der Waals surface area (Å²) in [6, 6.07) is 14.6. The lowest BCUT2D eigenvalue weighted by Gasteiger charge is -2.28. The highest BCUT2D eigenvalue weighted by molar-refractivity contribution is 6.34. The molecule has 0 saturated carbocycles. The Bertz CT molecular complexity index is 1480. The third-order valence-electron chi connectivity index (χ3n) is 7.06. The lowest BCUT2D eigenvalue weighted by Crippen LogP contribution is -2.38. The van der Waals surface area contributed by atoms with E-state index in [1.54, 1.807) is 30.3 Å². The van der Waals surface area contributed by atoms with Gasteiger partial charge in [0.25, 0.3) is 0 Å². The number of ether oxygens (including phenoxy) is 5. The molecular weight excluding hydrogens is 558 g/mol. The first-order valence-electron chi connectivity index (χ1n) is 13.1. The van der Waals surface area contributed by atoms with Crippen molar-refractivity contribution in [3.63, 3.8) is 0 Å². The molecule has 0 aromatic heterocycles. The van der Waals surface area contributed by atoms with Gasteiger partial charge in [-0.25, -0.2) is 13.6 Å². The Kier molecular flexibility index (Phi) is 8.59. The predicted octanol–water partition coefficient (Wildman–Crippen LogP) is 6.00. The maximum Gasteiger partial charge on any atom is 0.404 e. The van der Waals surface area contributed by atoms with E-state index in [0.29, 0.717) is 17.7 Å². The highest BCUT2D eigenvalue weighted by Gasteiger charge is 2.45. The van der Waals surface area contributed by atoms with Gasteiger partial charge < -0.3 is 29.4 Å². The summed E-state index contributed by atoms with van der Waals surface area (Å²) in [6.45, 7) is 0.494. The second kappa shape index (κ2) is 12.3. The lowest BCUT2D eigenvalue weighted by molar-refractivity contribution is -0.165. The largest absolute Gasteiger partial charge is 0.488 e. The number of carbonyl (C=O) groups is 1. The van der Waals surface area contributed by atoms with Crippen molar-refractivity contribution in [1.82, 2.24) is 0 Å². The average molecular weight is 585 g/mol. The number of primary amides is 1. The van der Waals surface area contributed by atoms with Crippen LogP contribution in [0, 0.1) is 23.0 Å². The standard InChI is InChI=1S/C30H27ClF2N2O6/c31-27-21(32)14-23-20(15-30(41-23,17-40-29(35)36)19-6-2-1-3-7-19)26(27)25-18(16-34)9-10-22(28(25)33)37-12-13-39-24-8-4-5-11-38-24/h1-3,6-7,9-10,14,24H,4-5,8,11-13,15,17H2,(H2,35,36)/t24-,30+/m0/s1. The maximum absolute atomic E-state index is 16.1. The van der Waals surface area contributed by atoms with E-state index in [2.05, 4.69) is 0 Å². The van der Waals surface area contributed by atoms with Crippen LogP contribution < -0.4 is 15.2 Å². The molecule has 2 N–H and O–H groups in total. The molecule has 11 heteroatoms. The van der Waals surface area contributed by atoms with Gasteiger partial charge in [0, 0.05) is 35.8 Å². The van der Waals surface area contributed by atoms with E-state index in [1.807, 2.05) is 6.07 Å². The summed E-state index contributed by atoms with van der Waals surface area (Å²) in [7, 11) is 0. The summed E-state index contributed by atoms with van der Waals surface area (Å²) >= 11 is 6.46. The van der Waals surface area contributed by atoms with Crippen LogP contribution in [0.1, 0.15) is 36.0 Å². The highest BCUT2D eigenvalue weighted by Crippen LogP contribution is 2.50. The van der Waals surface area contributed by atoms with Crippen LogP contribution in [0.4, 0.5) is 13.6 Å². The molecule has 3 aromatic rings. The molecule has 0 aliphatic carbocycles. The molecule has 2 aliphatic heterocycles. The zero-order valence-electron chi connectivity index (χ0n) is 22.0. The monoisotopic (exact) mass is 584 g/mol. The molecule has 214 valence electrons. The van der Waals surface area contributed by atoms with Crippen LogP contribution in [0.2, 0.25) is 5.02 Å². The molecule has 0 spiro atoms. The number of fused-ring (bicyclic) bond motifs is 1. The first-order valence-corrected chi connectivity index (χ1v) is 13.5. The van der Waals surface area contributed by atoms with Crippen LogP contribution in [0.15, 0.2) is 48.5 Å². The summed E-state index contributed by atoms with van der Waals surface area (Å²) in [6.07, 6.45) is 1.42. The quantitative estimate of drug-likeness (QED) is 0.307. The topological polar surface area (TPSA) is 113 Å². The molecule has 8 nitrogen and oxygen atoms in total. The van der Waals surface area contributed by atoms with Gasteiger partial charge >= 0.3 is 6.09 Å². The molecule has 2 aliphatic rings. The summed E-state index contributed by atoms with van der Waals surface area (Å²) in [5.41, 5.74) is 4.51. The first-order chi connectivity index (χ1) is 19.8. The van der Waals surface area contributed by atoms with Crippen molar-refractivity contribution in [3.05, 3.63) is 81.9 Å². The van der Waals surface area contributed by atoms with Crippen LogP contribution in [0.5, 0.6) is 11.5 Å². The normalized spacial score (nSPS) is 19.6. The molecule has 2 heterocycles. The zero-order valence-corrected chi connectivity index (χ0v) is 22.7. The van der Waals surface area contributed by atoms with Gasteiger partial charge in [0.15, 0.2) is 23.5 Å². The summed E-state index contributed by atoms with van der Waals surface area (Å²) in [5.74, 6) is -1.87. The minimum atomic E-state index is -1.31. The van der Waals surface area contributed by atoms with Crippen molar-refractivity contribution >= 4 is 17.7 Å². The molecule has 0 unspecified atom stereocenters. The molecule has 0 bridgehead atoms. The van der Waals surface area contributed by atoms with Gasteiger partial charge in [0.1, 0.15) is 24.8 Å². The van der Waals surface area contributed by atoms with Gasteiger partial charge in [0.05, 0.1) is 23.3 Å². The fourth-order valence-electron chi connectivity index (χ4n) is 5.13. The van der Waals surface area contributed by atoms with Crippen molar-refractivity contribution in [2.75, 3.05) is 26.4 Å². The molecule has 41 heavy (non-hydrogen) atoms. The molecular formula is C30H27ClF2N2O6. The number of hydrogen-bond donors (Lipinski definition) is 1. The van der Waals surface area contributed by atoms with Gasteiger partial charge in [-0.2, -0.15) is 5.26 Å². The van der Waals surface area contributed by atoms with Crippen LogP contribution in [0.25, 0.3) is 11.1 Å². The Balaban J connectivity index is 1.51. The number of halogens is 3. The minimum Gasteiger partial charge on any atom is -0.488 e. The second-order valence-corrected chi connectivity index (χ2v) is 10.1. The molecule has 5 rings (SSSR count). The number of nitriles is 1. The van der Waals surface area contributed by atoms with Gasteiger partial charge in [-0.05, 0) is 37.0 Å². The van der Waals surface area contributed by atoms with Gasteiger partial charge in [-0.15, -0.1) is 0 Å². The minimum absolute atomic E-state index is 0.0135. The van der Waals surface area contributed by atoms with Crippen LogP contribution in [-0.2, 0) is 26.2 Å². The van der Waals surface area contributed by atoms with E-state index in [9.17, 15) is 10.1 Å². The van der Waals surface area contributed by atoms with Crippen molar-refractivity contribution in [3.8, 4) is 28.7 Å². The van der Waals surface area contributed by atoms with Gasteiger partial charge in [-0.3, -0.25) is 0 Å². The second-order valence-electron chi connectivity index (χ2n) is 9.70. The third kappa shape index (κ3) is 5.93. The Morgan fingerprint density at radius 2 is 1.95 bits per heavy atom. The van der Waals surface area contributed by atoms with Crippen molar-refractivity contribution in [1.29, 1.82) is 5.26 Å². The Morgan fingerprint density at radius 3 is 2.66 bits per heavy atom. The van der Waals surface area contributed by atoms with Gasteiger partial charge in [0.2, 0.25) is 0 Å². The van der Waals surface area contributed by atoms with Crippen LogP contribution in [0.3, 0.4) is 0 Å². The van der Waals surface area contributed by atoms with E-state index >= 15 is 8.78 Å². The highest BCUT2D eigenvalue weighted by atomic mass is 35.5. The Hall–Kier alpha value is -3.91. The fraction of sp³-hybridized carbons (Fsp3) is 0.333. The predicted molar refractivity (Wildman–Crippen MR) is 145 cm³/mol. The van der Waals surface area contributed by atoms with E-state index in [0.717, 1.165) is 25.3 Å². The molecule has 0 radical (unpaired) electrons. The summed E-state index contributed by atoms with van der Waals surface area (Å²) in [4.78, 5) is 11.5. The Labute approximate surface area is 240 Å². The lowest BCUT2D eigenvalue weighted by atomic mass is 9.86. The number of benzene rings is 3.